The van der Waals surface area contributed by atoms with Gasteiger partial charge in [-0.2, -0.15) is 0 Å². The highest BCUT2D eigenvalue weighted by Crippen LogP contribution is 2.36. The third kappa shape index (κ3) is 3.44. The van der Waals surface area contributed by atoms with Crippen LogP contribution < -0.4 is 0 Å². The van der Waals surface area contributed by atoms with Crippen molar-refractivity contribution in [1.29, 1.82) is 0 Å². The molecule has 1 aromatic rings. The molecule has 1 aliphatic carbocycles. The van der Waals surface area contributed by atoms with Gasteiger partial charge in [0.05, 0.1) is 0 Å². The predicted octanol–water partition coefficient (Wildman–Crippen LogP) is 4.77. The Morgan fingerprint density at radius 1 is 1.28 bits per heavy atom. The van der Waals surface area contributed by atoms with Gasteiger partial charge in [0.2, 0.25) is 0 Å². The fraction of sp³-hybridized carbons (Fsp3) is 0.733. The molecule has 0 saturated heterocycles. The van der Waals surface area contributed by atoms with E-state index in [1.54, 1.807) is 0 Å². The molecule has 0 aliphatic heterocycles. The maximum atomic E-state index is 6.12. The van der Waals surface area contributed by atoms with Gasteiger partial charge in [0.25, 0.3) is 0 Å². The van der Waals surface area contributed by atoms with E-state index in [0.29, 0.717) is 11.1 Å². The number of nitrogens with zero attached hydrogens (tertiary/aromatic N) is 2. The maximum absolute atomic E-state index is 6.12. The Morgan fingerprint density at radius 3 is 2.83 bits per heavy atom. The second kappa shape index (κ2) is 6.51. The number of aryl methyl sites for hydroxylation is 1. The van der Waals surface area contributed by atoms with Crippen molar-refractivity contribution < 1.29 is 0 Å². The Bertz CT molecular complexity index is 392. The van der Waals surface area contributed by atoms with Gasteiger partial charge in [0.1, 0.15) is 11.0 Å². The van der Waals surface area contributed by atoms with E-state index in [1.807, 2.05) is 6.07 Å². The van der Waals surface area contributed by atoms with E-state index in [0.717, 1.165) is 30.3 Å². The van der Waals surface area contributed by atoms with Gasteiger partial charge in [-0.05, 0) is 31.2 Å². The maximum Gasteiger partial charge on any atom is 0.133 e. The van der Waals surface area contributed by atoms with Crippen LogP contribution in [0, 0.1) is 5.92 Å². The van der Waals surface area contributed by atoms with E-state index in [2.05, 4.69) is 18.8 Å². The molecule has 0 spiro atoms. The lowest BCUT2D eigenvalue weighted by Crippen LogP contribution is -2.16. The van der Waals surface area contributed by atoms with Gasteiger partial charge in [-0.3, -0.25) is 0 Å². The second-order valence-corrected chi connectivity index (χ2v) is 5.82. The molecule has 1 aromatic heterocycles. The first kappa shape index (κ1) is 13.8. The molecule has 1 saturated carbocycles. The minimum absolute atomic E-state index is 0.526. The molecule has 0 amide bonds. The molecule has 18 heavy (non-hydrogen) atoms. The quantitative estimate of drug-likeness (QED) is 0.734. The Balaban J connectivity index is 2.16. The first-order valence-electron chi connectivity index (χ1n) is 7.26. The van der Waals surface area contributed by atoms with E-state index in [9.17, 15) is 0 Å². The van der Waals surface area contributed by atoms with Gasteiger partial charge in [0.15, 0.2) is 0 Å². The minimum Gasteiger partial charge on any atom is -0.238 e. The highest BCUT2D eigenvalue weighted by atomic mass is 35.5. The monoisotopic (exact) mass is 266 g/mol. The molecule has 2 nitrogen and oxygen atoms in total. The Labute approximate surface area is 115 Å². The van der Waals surface area contributed by atoms with Crippen molar-refractivity contribution in [2.45, 2.75) is 64.7 Å². The van der Waals surface area contributed by atoms with Crippen molar-refractivity contribution in [2.75, 3.05) is 0 Å². The molecule has 3 heteroatoms. The number of aromatic nitrogens is 2. The van der Waals surface area contributed by atoms with Crippen LogP contribution in [0.4, 0.5) is 0 Å². The summed E-state index contributed by atoms with van der Waals surface area (Å²) in [4.78, 5) is 9.18. The van der Waals surface area contributed by atoms with Gasteiger partial charge in [-0.15, -0.1) is 0 Å². The second-order valence-electron chi connectivity index (χ2n) is 5.43. The third-order valence-corrected chi connectivity index (χ3v) is 4.19. The van der Waals surface area contributed by atoms with Crippen LogP contribution in [0.25, 0.3) is 0 Å². The lowest BCUT2D eigenvalue weighted by atomic mass is 9.80. The molecule has 2 unspecified atom stereocenters. The molecule has 0 aromatic carbocycles. The summed E-state index contributed by atoms with van der Waals surface area (Å²) in [6.45, 7) is 4.46. The summed E-state index contributed by atoms with van der Waals surface area (Å²) in [7, 11) is 0. The lowest BCUT2D eigenvalue weighted by Gasteiger charge is -2.27. The fourth-order valence-electron chi connectivity index (χ4n) is 2.95. The molecule has 2 rings (SSSR count). The fourth-order valence-corrected chi connectivity index (χ4v) is 3.16. The summed E-state index contributed by atoms with van der Waals surface area (Å²) in [5.41, 5.74) is 1.10. The van der Waals surface area contributed by atoms with Crippen LogP contribution in [0.5, 0.6) is 0 Å². The van der Waals surface area contributed by atoms with Gasteiger partial charge in [0, 0.05) is 11.6 Å². The molecule has 1 heterocycles. The smallest absolute Gasteiger partial charge is 0.133 e. The van der Waals surface area contributed by atoms with Crippen molar-refractivity contribution >= 4 is 11.6 Å². The van der Waals surface area contributed by atoms with Crippen LogP contribution in [0.15, 0.2) is 6.07 Å². The number of hydrogen-bond acceptors (Lipinski definition) is 2. The van der Waals surface area contributed by atoms with Crippen molar-refractivity contribution in [3.8, 4) is 0 Å². The SMILES string of the molecule is CCCc1cc(Cl)nc(C2CCCC(CC)C2)n1. The third-order valence-electron chi connectivity index (χ3n) is 4.00. The van der Waals surface area contributed by atoms with Gasteiger partial charge in [-0.25, -0.2) is 9.97 Å². The zero-order valence-electron chi connectivity index (χ0n) is 11.5. The van der Waals surface area contributed by atoms with Crippen molar-refractivity contribution in [1.82, 2.24) is 9.97 Å². The number of hydrogen-bond donors (Lipinski definition) is 0. The normalized spacial score (nSPS) is 24.2. The first-order chi connectivity index (χ1) is 8.72. The average Bonchev–Trinajstić information content (AvgIpc) is 2.38. The van der Waals surface area contributed by atoms with Gasteiger partial charge in [-0.1, -0.05) is 51.1 Å². The molecule has 2 atom stereocenters. The van der Waals surface area contributed by atoms with Crippen LogP contribution >= 0.6 is 11.6 Å². The average molecular weight is 267 g/mol. The van der Waals surface area contributed by atoms with E-state index < -0.39 is 0 Å². The summed E-state index contributed by atoms with van der Waals surface area (Å²) in [6.07, 6.45) is 8.52. The van der Waals surface area contributed by atoms with Crippen LogP contribution in [-0.4, -0.2) is 9.97 Å². The largest absolute Gasteiger partial charge is 0.238 e. The first-order valence-corrected chi connectivity index (χ1v) is 7.64. The summed E-state index contributed by atoms with van der Waals surface area (Å²) >= 11 is 6.12. The molecular weight excluding hydrogens is 244 g/mol. The van der Waals surface area contributed by atoms with Crippen molar-refractivity contribution in [3.05, 3.63) is 22.7 Å². The zero-order chi connectivity index (χ0) is 13.0. The standard InChI is InChI=1S/C15H23ClN2/c1-3-6-13-10-14(16)18-15(17-13)12-8-5-7-11(4-2)9-12/h10-12H,3-9H2,1-2H3. The number of halogens is 1. The van der Waals surface area contributed by atoms with Crippen molar-refractivity contribution in [2.24, 2.45) is 5.92 Å². The van der Waals surface area contributed by atoms with E-state index in [1.165, 1.54) is 32.1 Å². The molecule has 0 radical (unpaired) electrons. The summed E-state index contributed by atoms with van der Waals surface area (Å²) in [5, 5.41) is 0.613. The van der Waals surface area contributed by atoms with Crippen LogP contribution in [0.3, 0.4) is 0 Å². The summed E-state index contributed by atoms with van der Waals surface area (Å²) in [6, 6.07) is 1.91. The van der Waals surface area contributed by atoms with E-state index in [-0.39, 0.29) is 0 Å². The van der Waals surface area contributed by atoms with Crippen molar-refractivity contribution in [3.63, 3.8) is 0 Å². The highest BCUT2D eigenvalue weighted by Gasteiger charge is 2.24. The summed E-state index contributed by atoms with van der Waals surface area (Å²) < 4.78 is 0. The highest BCUT2D eigenvalue weighted by molar-refractivity contribution is 6.29. The number of rotatable bonds is 4. The van der Waals surface area contributed by atoms with Crippen LogP contribution in [0.1, 0.15) is 69.8 Å². The molecule has 1 fully saturated rings. The molecule has 100 valence electrons. The van der Waals surface area contributed by atoms with Crippen LogP contribution in [0.2, 0.25) is 5.15 Å². The van der Waals surface area contributed by atoms with Crippen LogP contribution in [-0.2, 0) is 6.42 Å². The Hall–Kier alpha value is -0.630. The topological polar surface area (TPSA) is 25.8 Å². The minimum atomic E-state index is 0.526. The molecular formula is C15H23ClN2. The molecule has 0 bridgehead atoms. The summed E-state index contributed by atoms with van der Waals surface area (Å²) in [5.74, 6) is 2.36. The lowest BCUT2D eigenvalue weighted by molar-refractivity contribution is 0.307. The van der Waals surface area contributed by atoms with Gasteiger partial charge < -0.3 is 0 Å². The Kier molecular flexibility index (Phi) is 4.99. The van der Waals surface area contributed by atoms with E-state index >= 15 is 0 Å². The molecule has 0 N–H and O–H groups in total. The van der Waals surface area contributed by atoms with E-state index in [4.69, 9.17) is 16.6 Å². The van der Waals surface area contributed by atoms with Gasteiger partial charge >= 0.3 is 0 Å². The Morgan fingerprint density at radius 2 is 2.11 bits per heavy atom. The zero-order valence-corrected chi connectivity index (χ0v) is 12.2. The predicted molar refractivity (Wildman–Crippen MR) is 76.0 cm³/mol. The molecule has 1 aliphatic rings.